The zero-order valence-corrected chi connectivity index (χ0v) is 7.09. The second-order valence-electron chi connectivity index (χ2n) is 3.38. The lowest BCUT2D eigenvalue weighted by Gasteiger charge is -2.07. The summed E-state index contributed by atoms with van der Waals surface area (Å²) in [5.41, 5.74) is 0. The summed E-state index contributed by atoms with van der Waals surface area (Å²) >= 11 is 0. The van der Waals surface area contributed by atoms with Crippen molar-refractivity contribution in [2.45, 2.75) is 32.8 Å². The molecule has 3 nitrogen and oxygen atoms in total. The van der Waals surface area contributed by atoms with Crippen LogP contribution in [0, 0.1) is 5.92 Å². The normalized spacial score (nSPS) is 16.6. The van der Waals surface area contributed by atoms with E-state index < -0.39 is 0 Å². The summed E-state index contributed by atoms with van der Waals surface area (Å²) in [6.45, 7) is 4.81. The lowest BCUT2D eigenvalue weighted by atomic mass is 10.2. The maximum Gasteiger partial charge on any atom is 0.407 e. The van der Waals surface area contributed by atoms with Crippen molar-refractivity contribution in [2.24, 2.45) is 5.92 Å². The number of carbonyl (C=O) groups excluding carboxylic acids is 1. The molecule has 0 heterocycles. The van der Waals surface area contributed by atoms with Gasteiger partial charge < -0.3 is 10.1 Å². The molecule has 0 saturated heterocycles. The van der Waals surface area contributed by atoms with E-state index in [1.165, 1.54) is 0 Å². The first kappa shape index (κ1) is 8.37. The van der Waals surface area contributed by atoms with Crippen LogP contribution in [0.4, 0.5) is 4.79 Å². The van der Waals surface area contributed by atoms with Gasteiger partial charge in [0.05, 0.1) is 0 Å². The van der Waals surface area contributed by atoms with E-state index in [2.05, 4.69) is 19.2 Å². The number of hydrogen-bond donors (Lipinski definition) is 1. The van der Waals surface area contributed by atoms with E-state index in [0.29, 0.717) is 12.5 Å². The summed E-state index contributed by atoms with van der Waals surface area (Å²) in [4.78, 5) is 10.9. The number of hydrogen-bond acceptors (Lipinski definition) is 2. The Labute approximate surface area is 67.1 Å². The van der Waals surface area contributed by atoms with Gasteiger partial charge in [-0.15, -0.1) is 0 Å². The van der Waals surface area contributed by atoms with E-state index in [9.17, 15) is 4.79 Å². The van der Waals surface area contributed by atoms with Crippen LogP contribution in [-0.2, 0) is 4.74 Å². The highest BCUT2D eigenvalue weighted by Crippen LogP contribution is 2.23. The van der Waals surface area contributed by atoms with Gasteiger partial charge in [0, 0.05) is 6.54 Å². The van der Waals surface area contributed by atoms with Crippen molar-refractivity contribution in [3.05, 3.63) is 0 Å². The Balaban J connectivity index is 2.00. The third-order valence-electron chi connectivity index (χ3n) is 1.45. The smallest absolute Gasteiger partial charge is 0.407 e. The quantitative estimate of drug-likeness (QED) is 0.674. The van der Waals surface area contributed by atoms with Gasteiger partial charge in [-0.3, -0.25) is 0 Å². The molecule has 1 saturated carbocycles. The van der Waals surface area contributed by atoms with Crippen LogP contribution in [0.5, 0.6) is 0 Å². The van der Waals surface area contributed by atoms with Gasteiger partial charge in [-0.25, -0.2) is 4.79 Å². The van der Waals surface area contributed by atoms with Crippen LogP contribution in [0.1, 0.15) is 26.7 Å². The Morgan fingerprint density at radius 1 is 1.64 bits per heavy atom. The van der Waals surface area contributed by atoms with Crippen LogP contribution in [0.15, 0.2) is 0 Å². The zero-order chi connectivity index (χ0) is 8.27. The Bertz CT molecular complexity index is 141. The van der Waals surface area contributed by atoms with E-state index in [0.717, 1.165) is 12.8 Å². The fraction of sp³-hybridized carbons (Fsp3) is 0.875. The lowest BCUT2D eigenvalue weighted by Crippen LogP contribution is -2.28. The Morgan fingerprint density at radius 3 is 2.73 bits per heavy atom. The van der Waals surface area contributed by atoms with Crippen molar-refractivity contribution < 1.29 is 9.53 Å². The van der Waals surface area contributed by atoms with Crippen LogP contribution in [0.25, 0.3) is 0 Å². The molecule has 11 heavy (non-hydrogen) atoms. The molecule has 0 atom stereocenters. The standard InChI is InChI=1S/C8H15NO2/c1-6(2)5-9-8(10)11-7-3-4-7/h6-7H,3-5H2,1-2H3,(H,9,10). The molecule has 0 aromatic carbocycles. The van der Waals surface area contributed by atoms with E-state index in [1.54, 1.807) is 0 Å². The summed E-state index contributed by atoms with van der Waals surface area (Å²) in [7, 11) is 0. The number of ether oxygens (including phenoxy) is 1. The summed E-state index contributed by atoms with van der Waals surface area (Å²) < 4.78 is 4.96. The third-order valence-corrected chi connectivity index (χ3v) is 1.45. The monoisotopic (exact) mass is 157 g/mol. The minimum Gasteiger partial charge on any atom is -0.446 e. The molecule has 1 amide bonds. The van der Waals surface area contributed by atoms with Crippen LogP contribution < -0.4 is 5.32 Å². The summed E-state index contributed by atoms with van der Waals surface area (Å²) in [6.07, 6.45) is 2.02. The SMILES string of the molecule is CC(C)CNC(=O)OC1CC1. The maximum atomic E-state index is 10.9. The molecule has 1 aliphatic rings. The molecule has 0 radical (unpaired) electrons. The Morgan fingerprint density at radius 2 is 2.27 bits per heavy atom. The van der Waals surface area contributed by atoms with Gasteiger partial charge in [0.2, 0.25) is 0 Å². The Hall–Kier alpha value is -0.730. The zero-order valence-electron chi connectivity index (χ0n) is 7.09. The fourth-order valence-corrected chi connectivity index (χ4v) is 0.666. The second-order valence-corrected chi connectivity index (χ2v) is 3.38. The van der Waals surface area contributed by atoms with Crippen LogP contribution in [0.3, 0.4) is 0 Å². The Kier molecular flexibility index (Phi) is 2.74. The van der Waals surface area contributed by atoms with Gasteiger partial charge >= 0.3 is 6.09 Å². The van der Waals surface area contributed by atoms with Crippen molar-refractivity contribution in [3.63, 3.8) is 0 Å². The predicted molar refractivity (Wildman–Crippen MR) is 42.3 cm³/mol. The van der Waals surface area contributed by atoms with Crippen molar-refractivity contribution in [2.75, 3.05) is 6.54 Å². The fourth-order valence-electron chi connectivity index (χ4n) is 0.666. The van der Waals surface area contributed by atoms with Gasteiger partial charge in [0.15, 0.2) is 0 Å². The first-order valence-corrected chi connectivity index (χ1v) is 4.13. The highest BCUT2D eigenvalue weighted by Gasteiger charge is 2.25. The van der Waals surface area contributed by atoms with Gasteiger partial charge in [-0.05, 0) is 18.8 Å². The highest BCUT2D eigenvalue weighted by molar-refractivity contribution is 5.67. The lowest BCUT2D eigenvalue weighted by molar-refractivity contribution is 0.138. The highest BCUT2D eigenvalue weighted by atomic mass is 16.6. The first-order chi connectivity index (χ1) is 5.18. The predicted octanol–water partition coefficient (Wildman–Crippen LogP) is 1.53. The summed E-state index contributed by atoms with van der Waals surface area (Å²) in [5.74, 6) is 0.488. The third kappa shape index (κ3) is 3.86. The molecular formula is C8H15NO2. The molecule has 1 rings (SSSR count). The molecule has 1 aliphatic carbocycles. The van der Waals surface area contributed by atoms with E-state index >= 15 is 0 Å². The van der Waals surface area contributed by atoms with Crippen LogP contribution in [-0.4, -0.2) is 18.7 Å². The first-order valence-electron chi connectivity index (χ1n) is 4.13. The van der Waals surface area contributed by atoms with E-state index in [4.69, 9.17) is 4.74 Å². The molecule has 0 aromatic heterocycles. The van der Waals surface area contributed by atoms with Gasteiger partial charge in [0.25, 0.3) is 0 Å². The molecule has 0 spiro atoms. The van der Waals surface area contributed by atoms with Crippen LogP contribution >= 0.6 is 0 Å². The molecule has 0 unspecified atom stereocenters. The molecule has 64 valence electrons. The minimum absolute atomic E-state index is 0.210. The van der Waals surface area contributed by atoms with Gasteiger partial charge in [-0.2, -0.15) is 0 Å². The van der Waals surface area contributed by atoms with E-state index in [1.807, 2.05) is 0 Å². The molecule has 0 aromatic rings. The van der Waals surface area contributed by atoms with Gasteiger partial charge in [0.1, 0.15) is 6.10 Å². The van der Waals surface area contributed by atoms with Crippen molar-refractivity contribution >= 4 is 6.09 Å². The number of nitrogens with one attached hydrogen (secondary N) is 1. The van der Waals surface area contributed by atoms with Gasteiger partial charge in [-0.1, -0.05) is 13.8 Å². The van der Waals surface area contributed by atoms with Crippen molar-refractivity contribution in [1.82, 2.24) is 5.32 Å². The molecule has 1 N–H and O–H groups in total. The largest absolute Gasteiger partial charge is 0.446 e. The second kappa shape index (κ2) is 3.60. The number of alkyl carbamates (subject to hydrolysis) is 1. The van der Waals surface area contributed by atoms with E-state index in [-0.39, 0.29) is 12.2 Å². The average Bonchev–Trinajstić information content (AvgIpc) is 2.67. The van der Waals surface area contributed by atoms with Crippen molar-refractivity contribution in [3.8, 4) is 0 Å². The topological polar surface area (TPSA) is 38.3 Å². The molecule has 0 bridgehead atoms. The number of carbonyl (C=O) groups is 1. The average molecular weight is 157 g/mol. The number of rotatable bonds is 3. The molecule has 3 heteroatoms. The minimum atomic E-state index is -0.263. The molecular weight excluding hydrogens is 142 g/mol. The summed E-state index contributed by atoms with van der Waals surface area (Å²) in [6, 6.07) is 0. The van der Waals surface area contributed by atoms with Crippen LogP contribution in [0.2, 0.25) is 0 Å². The van der Waals surface area contributed by atoms with Crippen molar-refractivity contribution in [1.29, 1.82) is 0 Å². The number of amides is 1. The summed E-state index contributed by atoms with van der Waals surface area (Å²) in [5, 5.41) is 2.69. The maximum absolute atomic E-state index is 10.9. The molecule has 1 fully saturated rings. The molecule has 0 aliphatic heterocycles.